The fourth-order valence-corrected chi connectivity index (χ4v) is 1.44. The van der Waals surface area contributed by atoms with Crippen molar-refractivity contribution in [2.24, 2.45) is 0 Å². The highest BCUT2D eigenvalue weighted by molar-refractivity contribution is 5.23. The molecule has 0 radical (unpaired) electrons. The lowest BCUT2D eigenvalue weighted by Gasteiger charge is -2.09. The van der Waals surface area contributed by atoms with Crippen molar-refractivity contribution in [3.63, 3.8) is 0 Å². The lowest BCUT2D eigenvalue weighted by Crippen LogP contribution is -2.12. The Kier molecular flexibility index (Phi) is 3.98. The monoisotopic (exact) mass is 195 g/mol. The first-order valence-corrected chi connectivity index (χ1v) is 4.65. The summed E-state index contributed by atoms with van der Waals surface area (Å²) in [6.07, 6.45) is 0. The van der Waals surface area contributed by atoms with Crippen molar-refractivity contribution < 1.29 is 4.74 Å². The van der Waals surface area contributed by atoms with Crippen molar-refractivity contribution in [3.8, 4) is 0 Å². The molecule has 0 unspecified atom stereocenters. The van der Waals surface area contributed by atoms with Gasteiger partial charge in [-0.1, -0.05) is 0 Å². The molecule has 0 aliphatic heterocycles. The van der Waals surface area contributed by atoms with Crippen LogP contribution in [0.1, 0.15) is 22.8 Å². The van der Waals surface area contributed by atoms with Gasteiger partial charge >= 0.3 is 0 Å². The van der Waals surface area contributed by atoms with E-state index in [9.17, 15) is 0 Å². The van der Waals surface area contributed by atoms with Crippen molar-refractivity contribution in [2.45, 2.75) is 27.0 Å². The highest BCUT2D eigenvalue weighted by Gasteiger charge is 2.06. The third-order valence-corrected chi connectivity index (χ3v) is 2.09. The van der Waals surface area contributed by atoms with Crippen LogP contribution in [0.25, 0.3) is 0 Å². The predicted octanol–water partition coefficient (Wildman–Crippen LogP) is 0.959. The maximum Gasteiger partial charge on any atom is 0.154 e. The Morgan fingerprint density at radius 2 is 1.79 bits per heavy atom. The standard InChI is InChI=1S/C10H17N3O/c1-7-9(5-11-3)8(2)13-10(12-7)6-14-4/h11H,5-6H2,1-4H3. The van der Waals surface area contributed by atoms with Crippen LogP contribution < -0.4 is 5.32 Å². The molecule has 1 rings (SSSR count). The minimum absolute atomic E-state index is 0.474. The molecule has 0 atom stereocenters. The average molecular weight is 195 g/mol. The molecule has 0 bridgehead atoms. The molecule has 0 aliphatic rings. The molecular weight excluding hydrogens is 178 g/mol. The summed E-state index contributed by atoms with van der Waals surface area (Å²) in [5.41, 5.74) is 3.23. The zero-order chi connectivity index (χ0) is 10.6. The molecule has 4 heteroatoms. The Hall–Kier alpha value is -1.00. The fraction of sp³-hybridized carbons (Fsp3) is 0.600. The van der Waals surface area contributed by atoms with Crippen LogP contribution in [0.4, 0.5) is 0 Å². The Bertz CT molecular complexity index is 289. The normalized spacial score (nSPS) is 10.6. The minimum atomic E-state index is 0.474. The van der Waals surface area contributed by atoms with E-state index in [-0.39, 0.29) is 0 Å². The van der Waals surface area contributed by atoms with Crippen LogP contribution >= 0.6 is 0 Å². The second kappa shape index (κ2) is 5.02. The first kappa shape index (κ1) is 11.1. The summed E-state index contributed by atoms with van der Waals surface area (Å²) in [7, 11) is 3.57. The van der Waals surface area contributed by atoms with E-state index in [1.54, 1.807) is 7.11 Å². The summed E-state index contributed by atoms with van der Waals surface area (Å²) in [6, 6.07) is 0. The van der Waals surface area contributed by atoms with Gasteiger partial charge in [-0.3, -0.25) is 0 Å². The first-order chi connectivity index (χ1) is 6.69. The van der Waals surface area contributed by atoms with Crippen LogP contribution in [0.5, 0.6) is 0 Å². The van der Waals surface area contributed by atoms with Crippen molar-refractivity contribution in [1.29, 1.82) is 0 Å². The van der Waals surface area contributed by atoms with Crippen molar-refractivity contribution in [2.75, 3.05) is 14.2 Å². The Morgan fingerprint density at radius 1 is 1.21 bits per heavy atom. The van der Waals surface area contributed by atoms with Crippen LogP contribution in [0, 0.1) is 13.8 Å². The summed E-state index contributed by atoms with van der Waals surface area (Å²) < 4.78 is 5.00. The second-order valence-electron chi connectivity index (χ2n) is 3.25. The van der Waals surface area contributed by atoms with Gasteiger partial charge in [0.2, 0.25) is 0 Å². The molecule has 0 aliphatic carbocycles. The number of aromatic nitrogens is 2. The lowest BCUT2D eigenvalue weighted by molar-refractivity contribution is 0.177. The number of nitrogens with one attached hydrogen (secondary N) is 1. The molecule has 14 heavy (non-hydrogen) atoms. The summed E-state index contributed by atoms with van der Waals surface area (Å²) in [5.74, 6) is 0.752. The highest BCUT2D eigenvalue weighted by atomic mass is 16.5. The lowest BCUT2D eigenvalue weighted by atomic mass is 10.1. The van der Waals surface area contributed by atoms with Gasteiger partial charge in [-0.15, -0.1) is 0 Å². The van der Waals surface area contributed by atoms with Crippen LogP contribution in [0.15, 0.2) is 0 Å². The number of hydrogen-bond acceptors (Lipinski definition) is 4. The Labute approximate surface area is 84.7 Å². The van der Waals surface area contributed by atoms with Gasteiger partial charge in [-0.2, -0.15) is 0 Å². The zero-order valence-electron chi connectivity index (χ0n) is 9.22. The third-order valence-electron chi connectivity index (χ3n) is 2.09. The molecule has 4 nitrogen and oxygen atoms in total. The number of rotatable bonds is 4. The van der Waals surface area contributed by atoms with Crippen LogP contribution in [-0.2, 0) is 17.9 Å². The van der Waals surface area contributed by atoms with Gasteiger partial charge < -0.3 is 10.1 Å². The average Bonchev–Trinajstić information content (AvgIpc) is 2.12. The second-order valence-corrected chi connectivity index (χ2v) is 3.25. The van der Waals surface area contributed by atoms with E-state index in [0.717, 1.165) is 23.8 Å². The Balaban J connectivity index is 2.98. The quantitative estimate of drug-likeness (QED) is 0.777. The Morgan fingerprint density at radius 3 is 2.21 bits per heavy atom. The van der Waals surface area contributed by atoms with Crippen LogP contribution in [0.2, 0.25) is 0 Å². The summed E-state index contributed by atoms with van der Waals surface area (Å²) in [4.78, 5) is 8.73. The van der Waals surface area contributed by atoms with E-state index in [1.807, 2.05) is 20.9 Å². The van der Waals surface area contributed by atoms with Crippen molar-refractivity contribution in [1.82, 2.24) is 15.3 Å². The molecule has 1 N–H and O–H groups in total. The third kappa shape index (κ3) is 2.49. The van der Waals surface area contributed by atoms with E-state index >= 15 is 0 Å². The molecular formula is C10H17N3O. The summed E-state index contributed by atoms with van der Waals surface area (Å²) in [6.45, 7) is 5.29. The number of nitrogens with zero attached hydrogens (tertiary/aromatic N) is 2. The maximum atomic E-state index is 5.00. The van der Waals surface area contributed by atoms with E-state index in [1.165, 1.54) is 5.56 Å². The molecule has 1 aromatic rings. The summed E-state index contributed by atoms with van der Waals surface area (Å²) in [5, 5.41) is 3.11. The number of hydrogen-bond donors (Lipinski definition) is 1. The van der Waals surface area contributed by atoms with Gasteiger partial charge in [-0.25, -0.2) is 9.97 Å². The number of ether oxygens (including phenoxy) is 1. The van der Waals surface area contributed by atoms with Gasteiger partial charge in [0.25, 0.3) is 0 Å². The molecule has 1 aromatic heterocycles. The van der Waals surface area contributed by atoms with Crippen LogP contribution in [0.3, 0.4) is 0 Å². The molecule has 1 heterocycles. The van der Waals surface area contributed by atoms with E-state index < -0.39 is 0 Å². The van der Waals surface area contributed by atoms with Gasteiger partial charge in [0.1, 0.15) is 6.61 Å². The fourth-order valence-electron chi connectivity index (χ4n) is 1.44. The number of aryl methyl sites for hydroxylation is 2. The largest absolute Gasteiger partial charge is 0.377 e. The van der Waals surface area contributed by atoms with Gasteiger partial charge in [0, 0.05) is 30.6 Å². The summed E-state index contributed by atoms with van der Waals surface area (Å²) >= 11 is 0. The first-order valence-electron chi connectivity index (χ1n) is 4.65. The molecule has 0 fully saturated rings. The van der Waals surface area contributed by atoms with E-state index in [0.29, 0.717) is 6.61 Å². The zero-order valence-corrected chi connectivity index (χ0v) is 9.22. The highest BCUT2D eigenvalue weighted by Crippen LogP contribution is 2.10. The molecule has 0 spiro atoms. The van der Waals surface area contributed by atoms with Gasteiger partial charge in [-0.05, 0) is 20.9 Å². The SMILES string of the molecule is CNCc1c(C)nc(COC)nc1C. The molecule has 0 amide bonds. The predicted molar refractivity (Wildman–Crippen MR) is 55.0 cm³/mol. The van der Waals surface area contributed by atoms with E-state index in [4.69, 9.17) is 4.74 Å². The number of methoxy groups -OCH3 is 1. The maximum absolute atomic E-state index is 5.00. The topological polar surface area (TPSA) is 47.0 Å². The van der Waals surface area contributed by atoms with Crippen molar-refractivity contribution in [3.05, 3.63) is 22.8 Å². The van der Waals surface area contributed by atoms with Gasteiger partial charge in [0.05, 0.1) is 0 Å². The van der Waals surface area contributed by atoms with Crippen LogP contribution in [-0.4, -0.2) is 24.1 Å². The minimum Gasteiger partial charge on any atom is -0.377 e. The molecule has 0 saturated heterocycles. The van der Waals surface area contributed by atoms with Gasteiger partial charge in [0.15, 0.2) is 5.82 Å². The molecule has 78 valence electrons. The molecule has 0 aromatic carbocycles. The van der Waals surface area contributed by atoms with E-state index in [2.05, 4.69) is 15.3 Å². The van der Waals surface area contributed by atoms with Crippen molar-refractivity contribution >= 4 is 0 Å². The molecule has 0 saturated carbocycles. The smallest absolute Gasteiger partial charge is 0.154 e.